The number of pyridine rings is 1. The number of carbonyl (C=O) groups is 2. The molecule has 1 saturated heterocycles. The van der Waals surface area contributed by atoms with Crippen molar-refractivity contribution in [2.45, 2.75) is 12.8 Å². The van der Waals surface area contributed by atoms with E-state index in [-0.39, 0.29) is 11.8 Å². The molecule has 24 heavy (non-hydrogen) atoms. The van der Waals surface area contributed by atoms with Crippen LogP contribution in [0.5, 0.6) is 5.88 Å². The van der Waals surface area contributed by atoms with E-state index in [0.717, 1.165) is 25.9 Å². The Morgan fingerprint density at radius 3 is 2.29 bits per heavy atom. The summed E-state index contributed by atoms with van der Waals surface area (Å²) in [5, 5.41) is 2.79. The van der Waals surface area contributed by atoms with E-state index < -0.39 is 0 Å². The third-order valence-electron chi connectivity index (χ3n) is 3.99. The maximum Gasteiger partial charge on any atom is 0.257 e. The van der Waals surface area contributed by atoms with Gasteiger partial charge in [-0.25, -0.2) is 4.98 Å². The van der Waals surface area contributed by atoms with Crippen LogP contribution in [0.1, 0.15) is 33.6 Å². The molecule has 0 aliphatic carbocycles. The summed E-state index contributed by atoms with van der Waals surface area (Å²) < 4.78 is 4.97. The Balaban J connectivity index is 1.64. The lowest BCUT2D eigenvalue weighted by molar-refractivity contribution is 0.0792. The van der Waals surface area contributed by atoms with Crippen LogP contribution in [0.25, 0.3) is 0 Å². The highest BCUT2D eigenvalue weighted by Crippen LogP contribution is 2.16. The van der Waals surface area contributed by atoms with Crippen LogP contribution in [0.3, 0.4) is 0 Å². The van der Waals surface area contributed by atoms with Gasteiger partial charge >= 0.3 is 0 Å². The fourth-order valence-corrected chi connectivity index (χ4v) is 2.64. The molecule has 1 aromatic carbocycles. The van der Waals surface area contributed by atoms with Gasteiger partial charge in [0.05, 0.1) is 12.7 Å². The molecule has 0 saturated carbocycles. The summed E-state index contributed by atoms with van der Waals surface area (Å²) in [6.45, 7) is 1.64. The fourth-order valence-electron chi connectivity index (χ4n) is 2.64. The summed E-state index contributed by atoms with van der Waals surface area (Å²) in [5.74, 6) is 0.241. The zero-order valence-electron chi connectivity index (χ0n) is 13.5. The SMILES string of the molecule is COc1ccc(C(=O)Nc2ccc(C(=O)N3CCCC3)cc2)cn1. The molecule has 0 radical (unpaired) electrons. The molecular formula is C18H19N3O3. The minimum Gasteiger partial charge on any atom is -0.481 e. The second kappa shape index (κ2) is 7.12. The van der Waals surface area contributed by atoms with Crippen LogP contribution < -0.4 is 10.1 Å². The fraction of sp³-hybridized carbons (Fsp3) is 0.278. The highest BCUT2D eigenvalue weighted by molar-refractivity contribution is 6.04. The second-order valence-corrected chi connectivity index (χ2v) is 5.62. The van der Waals surface area contributed by atoms with Gasteiger partial charge in [-0.1, -0.05) is 0 Å². The standard InChI is InChI=1S/C18H19N3O3/c1-24-16-9-6-14(12-19-16)17(22)20-15-7-4-13(5-8-15)18(23)21-10-2-3-11-21/h4-9,12H,2-3,10-11H2,1H3,(H,20,22). The van der Waals surface area contributed by atoms with Gasteiger partial charge in [0.15, 0.2) is 0 Å². The van der Waals surface area contributed by atoms with Crippen LogP contribution in [0.2, 0.25) is 0 Å². The Kier molecular flexibility index (Phi) is 4.74. The molecule has 6 heteroatoms. The minimum absolute atomic E-state index is 0.0460. The van der Waals surface area contributed by atoms with Gasteiger partial charge in [-0.2, -0.15) is 0 Å². The molecule has 0 atom stereocenters. The largest absolute Gasteiger partial charge is 0.481 e. The summed E-state index contributed by atoms with van der Waals surface area (Å²) in [6.07, 6.45) is 3.59. The molecule has 1 aliphatic heterocycles. The van der Waals surface area contributed by atoms with Crippen LogP contribution in [0.4, 0.5) is 5.69 Å². The average molecular weight is 325 g/mol. The highest BCUT2D eigenvalue weighted by atomic mass is 16.5. The second-order valence-electron chi connectivity index (χ2n) is 5.62. The van der Waals surface area contributed by atoms with E-state index in [1.807, 2.05) is 4.90 Å². The molecule has 6 nitrogen and oxygen atoms in total. The van der Waals surface area contributed by atoms with Gasteiger partial charge in [-0.05, 0) is 43.2 Å². The van der Waals surface area contributed by atoms with Crippen molar-refractivity contribution >= 4 is 17.5 Å². The summed E-state index contributed by atoms with van der Waals surface area (Å²) in [5.41, 5.74) is 1.71. The first kappa shape index (κ1) is 16.0. The van der Waals surface area contributed by atoms with Crippen molar-refractivity contribution in [2.75, 3.05) is 25.5 Å². The van der Waals surface area contributed by atoms with Crippen molar-refractivity contribution in [1.29, 1.82) is 0 Å². The molecule has 0 unspecified atom stereocenters. The Bertz CT molecular complexity index is 720. The first-order valence-corrected chi connectivity index (χ1v) is 7.88. The van der Waals surface area contributed by atoms with E-state index >= 15 is 0 Å². The van der Waals surface area contributed by atoms with Gasteiger partial charge in [0.1, 0.15) is 0 Å². The Morgan fingerprint density at radius 2 is 1.71 bits per heavy atom. The van der Waals surface area contributed by atoms with Gasteiger partial charge in [-0.3, -0.25) is 9.59 Å². The van der Waals surface area contributed by atoms with E-state index in [4.69, 9.17) is 4.74 Å². The van der Waals surface area contributed by atoms with E-state index in [9.17, 15) is 9.59 Å². The number of carbonyl (C=O) groups excluding carboxylic acids is 2. The molecule has 0 bridgehead atoms. The summed E-state index contributed by atoms with van der Waals surface area (Å²) in [6, 6.07) is 10.2. The summed E-state index contributed by atoms with van der Waals surface area (Å²) in [7, 11) is 1.52. The van der Waals surface area contributed by atoms with Crippen molar-refractivity contribution in [3.63, 3.8) is 0 Å². The predicted octanol–water partition coefficient (Wildman–Crippen LogP) is 2.58. The molecular weight excluding hydrogens is 306 g/mol. The minimum atomic E-state index is -0.260. The lowest BCUT2D eigenvalue weighted by Gasteiger charge is -2.15. The van der Waals surface area contributed by atoms with Crippen LogP contribution in [-0.2, 0) is 0 Å². The number of amides is 2. The molecule has 1 aliphatic rings. The molecule has 0 spiro atoms. The lowest BCUT2D eigenvalue weighted by Crippen LogP contribution is -2.27. The third kappa shape index (κ3) is 3.53. The van der Waals surface area contributed by atoms with Crippen LogP contribution in [0, 0.1) is 0 Å². The molecule has 2 aromatic rings. The van der Waals surface area contributed by atoms with E-state index in [1.165, 1.54) is 13.3 Å². The van der Waals surface area contributed by atoms with Crippen LogP contribution in [-0.4, -0.2) is 41.9 Å². The maximum atomic E-state index is 12.3. The number of hydrogen-bond donors (Lipinski definition) is 1. The topological polar surface area (TPSA) is 71.5 Å². The molecule has 3 rings (SSSR count). The zero-order valence-corrected chi connectivity index (χ0v) is 13.5. The Hall–Kier alpha value is -2.89. The predicted molar refractivity (Wildman–Crippen MR) is 90.3 cm³/mol. The van der Waals surface area contributed by atoms with Crippen molar-refractivity contribution < 1.29 is 14.3 Å². The number of methoxy groups -OCH3 is 1. The monoisotopic (exact) mass is 325 g/mol. The maximum absolute atomic E-state index is 12.3. The first-order valence-electron chi connectivity index (χ1n) is 7.88. The van der Waals surface area contributed by atoms with Gasteiger partial charge in [0, 0.05) is 36.6 Å². The molecule has 1 aromatic heterocycles. The van der Waals surface area contributed by atoms with Crippen molar-refractivity contribution in [3.05, 3.63) is 53.7 Å². The van der Waals surface area contributed by atoms with E-state index in [2.05, 4.69) is 10.3 Å². The Labute approximate surface area is 140 Å². The van der Waals surface area contributed by atoms with Crippen LogP contribution in [0.15, 0.2) is 42.6 Å². The van der Waals surface area contributed by atoms with Crippen molar-refractivity contribution in [2.24, 2.45) is 0 Å². The van der Waals surface area contributed by atoms with Crippen molar-refractivity contribution in [3.8, 4) is 5.88 Å². The number of anilines is 1. The number of benzene rings is 1. The molecule has 1 fully saturated rings. The van der Waals surface area contributed by atoms with Crippen molar-refractivity contribution in [1.82, 2.24) is 9.88 Å². The van der Waals surface area contributed by atoms with Gasteiger partial charge in [-0.15, -0.1) is 0 Å². The number of hydrogen-bond acceptors (Lipinski definition) is 4. The molecule has 1 N–H and O–H groups in total. The Morgan fingerprint density at radius 1 is 1.04 bits per heavy atom. The molecule has 2 amide bonds. The smallest absolute Gasteiger partial charge is 0.257 e. The quantitative estimate of drug-likeness (QED) is 0.938. The van der Waals surface area contributed by atoms with E-state index in [0.29, 0.717) is 22.7 Å². The highest BCUT2D eigenvalue weighted by Gasteiger charge is 2.19. The number of likely N-dealkylation sites (tertiary alicyclic amines) is 1. The molecule has 2 heterocycles. The van der Waals surface area contributed by atoms with E-state index in [1.54, 1.807) is 36.4 Å². The number of nitrogens with zero attached hydrogens (tertiary/aromatic N) is 2. The normalized spacial score (nSPS) is 13.6. The third-order valence-corrected chi connectivity index (χ3v) is 3.99. The number of ether oxygens (including phenoxy) is 1. The summed E-state index contributed by atoms with van der Waals surface area (Å²) >= 11 is 0. The van der Waals surface area contributed by atoms with Crippen LogP contribution >= 0.6 is 0 Å². The van der Waals surface area contributed by atoms with Gasteiger partial charge in [0.25, 0.3) is 11.8 Å². The first-order chi connectivity index (χ1) is 11.7. The average Bonchev–Trinajstić information content (AvgIpc) is 3.16. The lowest BCUT2D eigenvalue weighted by atomic mass is 10.1. The van der Waals surface area contributed by atoms with Gasteiger partial charge < -0.3 is 15.0 Å². The number of rotatable bonds is 4. The zero-order chi connectivity index (χ0) is 16.9. The number of nitrogens with one attached hydrogen (secondary N) is 1. The summed E-state index contributed by atoms with van der Waals surface area (Å²) in [4.78, 5) is 30.3. The van der Waals surface area contributed by atoms with Gasteiger partial charge in [0.2, 0.25) is 5.88 Å². The molecule has 124 valence electrons. The number of aromatic nitrogens is 1.